The van der Waals surface area contributed by atoms with Gasteiger partial charge in [0.05, 0.1) is 23.4 Å². The van der Waals surface area contributed by atoms with E-state index in [9.17, 15) is 9.90 Å². The number of aryl methyl sites for hydroxylation is 1. The molecule has 0 radical (unpaired) electrons. The van der Waals surface area contributed by atoms with Gasteiger partial charge in [0.2, 0.25) is 0 Å². The van der Waals surface area contributed by atoms with Crippen molar-refractivity contribution in [1.29, 1.82) is 0 Å². The number of phenols is 1. The largest absolute Gasteiger partial charge is 0.503 e. The third-order valence-corrected chi connectivity index (χ3v) is 3.19. The molecule has 0 saturated heterocycles. The summed E-state index contributed by atoms with van der Waals surface area (Å²) in [7, 11) is 0. The highest BCUT2D eigenvalue weighted by atomic mass is 35.5. The molecular weight excluding hydrogens is 318 g/mol. The van der Waals surface area contributed by atoms with Gasteiger partial charge in [-0.15, -0.1) is 0 Å². The molecule has 0 unspecified atom stereocenters. The maximum Gasteiger partial charge on any atom is 0.272 e. The molecule has 2 aromatic rings. The molecule has 6 nitrogen and oxygen atoms in total. The summed E-state index contributed by atoms with van der Waals surface area (Å²) < 4.78 is 5.27. The van der Waals surface area contributed by atoms with E-state index in [4.69, 9.17) is 16.3 Å². The monoisotopic (exact) mass is 333 g/mol. The Morgan fingerprint density at radius 3 is 2.91 bits per heavy atom. The Labute approximate surface area is 138 Å². The van der Waals surface area contributed by atoms with Crippen molar-refractivity contribution in [3.8, 4) is 11.5 Å². The number of nitrogens with zero attached hydrogens (tertiary/aromatic N) is 2. The molecule has 2 rings (SSSR count). The van der Waals surface area contributed by atoms with E-state index in [0.29, 0.717) is 17.7 Å². The summed E-state index contributed by atoms with van der Waals surface area (Å²) in [6.45, 7) is 4.02. The lowest BCUT2D eigenvalue weighted by atomic mass is 10.2. The molecule has 1 heterocycles. The van der Waals surface area contributed by atoms with Gasteiger partial charge >= 0.3 is 0 Å². The van der Waals surface area contributed by atoms with E-state index >= 15 is 0 Å². The molecule has 1 aromatic carbocycles. The number of nitrogens with one attached hydrogen (secondary N) is 1. The molecule has 0 bridgehead atoms. The van der Waals surface area contributed by atoms with E-state index < -0.39 is 0 Å². The number of hydrazone groups is 1. The zero-order valence-electron chi connectivity index (χ0n) is 12.7. The van der Waals surface area contributed by atoms with Crippen LogP contribution >= 0.6 is 11.6 Å². The molecular formula is C16H16ClN3O3. The van der Waals surface area contributed by atoms with Gasteiger partial charge in [-0.1, -0.05) is 11.6 Å². The summed E-state index contributed by atoms with van der Waals surface area (Å²) in [5, 5.41) is 13.8. The number of hydrogen-bond acceptors (Lipinski definition) is 5. The van der Waals surface area contributed by atoms with Crippen LogP contribution in [0.15, 0.2) is 35.6 Å². The number of ether oxygens (including phenoxy) is 1. The lowest BCUT2D eigenvalue weighted by Crippen LogP contribution is -2.17. The second-order valence-corrected chi connectivity index (χ2v) is 5.08. The quantitative estimate of drug-likeness (QED) is 0.651. The number of pyridine rings is 1. The normalized spacial score (nSPS) is 10.7. The Balaban J connectivity index is 2.08. The second kappa shape index (κ2) is 7.60. The van der Waals surface area contributed by atoms with Gasteiger partial charge in [-0.05, 0) is 43.7 Å². The van der Waals surface area contributed by atoms with Gasteiger partial charge in [-0.3, -0.25) is 9.78 Å². The van der Waals surface area contributed by atoms with Crippen LogP contribution in [0, 0.1) is 6.92 Å². The fourth-order valence-corrected chi connectivity index (χ4v) is 1.99. The minimum absolute atomic E-state index is 0.125. The van der Waals surface area contributed by atoms with Crippen molar-refractivity contribution in [3.05, 3.63) is 52.3 Å². The molecule has 1 amide bonds. The van der Waals surface area contributed by atoms with E-state index in [1.54, 1.807) is 25.1 Å². The first kappa shape index (κ1) is 16.8. The van der Waals surface area contributed by atoms with E-state index in [0.717, 1.165) is 5.69 Å². The number of carbonyl (C=O) groups is 1. The molecule has 23 heavy (non-hydrogen) atoms. The lowest BCUT2D eigenvalue weighted by molar-refractivity contribution is 0.0955. The third kappa shape index (κ3) is 4.43. The van der Waals surface area contributed by atoms with Gasteiger partial charge in [-0.25, -0.2) is 5.43 Å². The van der Waals surface area contributed by atoms with Crippen molar-refractivity contribution < 1.29 is 14.6 Å². The Hall–Kier alpha value is -2.60. The summed E-state index contributed by atoms with van der Waals surface area (Å²) in [5.74, 6) is -0.236. The van der Waals surface area contributed by atoms with Crippen LogP contribution in [0.2, 0.25) is 5.02 Å². The van der Waals surface area contributed by atoms with E-state index in [1.807, 2.05) is 6.92 Å². The molecule has 2 N–H and O–H groups in total. The predicted octanol–water partition coefficient (Wildman–Crippen LogP) is 2.91. The van der Waals surface area contributed by atoms with Gasteiger partial charge in [-0.2, -0.15) is 5.10 Å². The van der Waals surface area contributed by atoms with E-state index in [1.165, 1.54) is 18.5 Å². The van der Waals surface area contributed by atoms with Gasteiger partial charge in [0.25, 0.3) is 5.91 Å². The van der Waals surface area contributed by atoms with Crippen LogP contribution in [0.1, 0.15) is 28.5 Å². The average Bonchev–Trinajstić information content (AvgIpc) is 2.53. The molecule has 0 aliphatic rings. The van der Waals surface area contributed by atoms with Crippen molar-refractivity contribution in [2.24, 2.45) is 5.10 Å². The van der Waals surface area contributed by atoms with E-state index in [-0.39, 0.29) is 22.4 Å². The first-order valence-corrected chi connectivity index (χ1v) is 7.30. The highest BCUT2D eigenvalue weighted by molar-refractivity contribution is 6.32. The number of amides is 1. The summed E-state index contributed by atoms with van der Waals surface area (Å²) in [6.07, 6.45) is 2.89. The number of halogens is 1. The Kier molecular flexibility index (Phi) is 5.54. The molecule has 0 saturated carbocycles. The van der Waals surface area contributed by atoms with Crippen molar-refractivity contribution in [2.45, 2.75) is 13.8 Å². The third-order valence-electron chi connectivity index (χ3n) is 2.90. The first-order valence-electron chi connectivity index (χ1n) is 6.92. The Morgan fingerprint density at radius 1 is 1.48 bits per heavy atom. The zero-order valence-corrected chi connectivity index (χ0v) is 13.5. The number of rotatable bonds is 5. The van der Waals surface area contributed by atoms with Gasteiger partial charge < -0.3 is 9.84 Å². The minimum atomic E-state index is -0.372. The maximum atomic E-state index is 11.9. The molecule has 0 spiro atoms. The fraction of sp³-hybridized carbons (Fsp3) is 0.188. The van der Waals surface area contributed by atoms with Crippen LogP contribution in [-0.4, -0.2) is 28.8 Å². The fourth-order valence-electron chi connectivity index (χ4n) is 1.77. The summed E-state index contributed by atoms with van der Waals surface area (Å²) >= 11 is 5.92. The molecule has 1 aromatic heterocycles. The van der Waals surface area contributed by atoms with Crippen molar-refractivity contribution in [1.82, 2.24) is 10.4 Å². The summed E-state index contributed by atoms with van der Waals surface area (Å²) in [5.41, 5.74) is 4.21. The summed E-state index contributed by atoms with van der Waals surface area (Å²) in [6, 6.07) is 6.50. The number of phenolic OH excluding ortho intramolecular Hbond substituents is 1. The topological polar surface area (TPSA) is 83.8 Å². The van der Waals surface area contributed by atoms with Gasteiger partial charge in [0.1, 0.15) is 0 Å². The van der Waals surface area contributed by atoms with Gasteiger partial charge in [0, 0.05) is 11.9 Å². The SMILES string of the molecule is CCOc1cc(/C=N\NC(=O)c2ccc(C)nc2)cc(Cl)c1O. The minimum Gasteiger partial charge on any atom is -0.503 e. The standard InChI is InChI=1S/C16H16ClN3O3/c1-3-23-14-7-11(6-13(17)15(14)21)8-19-20-16(22)12-5-4-10(2)18-9-12/h4-9,21H,3H2,1-2H3,(H,20,22)/b19-8-. The van der Waals surface area contributed by atoms with Crippen LogP contribution in [0.3, 0.4) is 0 Å². The zero-order chi connectivity index (χ0) is 16.8. The number of hydrogen-bond donors (Lipinski definition) is 2. The van der Waals surface area contributed by atoms with Crippen LogP contribution in [0.4, 0.5) is 0 Å². The Morgan fingerprint density at radius 2 is 2.26 bits per heavy atom. The van der Waals surface area contributed by atoms with Crippen molar-refractivity contribution in [2.75, 3.05) is 6.61 Å². The van der Waals surface area contributed by atoms with Crippen molar-refractivity contribution >= 4 is 23.7 Å². The smallest absolute Gasteiger partial charge is 0.272 e. The number of aromatic nitrogens is 1. The molecule has 0 aliphatic carbocycles. The molecule has 120 valence electrons. The van der Waals surface area contributed by atoms with Crippen LogP contribution in [0.5, 0.6) is 11.5 Å². The lowest BCUT2D eigenvalue weighted by Gasteiger charge is -2.08. The Bertz CT molecular complexity index is 730. The average molecular weight is 334 g/mol. The van der Waals surface area contributed by atoms with E-state index in [2.05, 4.69) is 15.5 Å². The predicted molar refractivity (Wildman–Crippen MR) is 88.3 cm³/mol. The highest BCUT2D eigenvalue weighted by Crippen LogP contribution is 2.34. The number of aromatic hydroxyl groups is 1. The molecule has 0 fully saturated rings. The highest BCUT2D eigenvalue weighted by Gasteiger charge is 2.09. The van der Waals surface area contributed by atoms with Crippen LogP contribution in [-0.2, 0) is 0 Å². The number of carbonyl (C=O) groups excluding carboxylic acids is 1. The molecule has 0 aliphatic heterocycles. The maximum absolute atomic E-state index is 11.9. The first-order chi connectivity index (χ1) is 11.0. The van der Waals surface area contributed by atoms with Crippen LogP contribution < -0.4 is 10.2 Å². The molecule has 0 atom stereocenters. The van der Waals surface area contributed by atoms with Crippen molar-refractivity contribution in [3.63, 3.8) is 0 Å². The number of benzene rings is 1. The second-order valence-electron chi connectivity index (χ2n) is 4.67. The van der Waals surface area contributed by atoms with Crippen LogP contribution in [0.25, 0.3) is 0 Å². The molecule has 7 heteroatoms. The summed E-state index contributed by atoms with van der Waals surface area (Å²) in [4.78, 5) is 15.9. The van der Waals surface area contributed by atoms with Gasteiger partial charge in [0.15, 0.2) is 11.5 Å².